The molecular formula is C12H13N3O. The summed E-state index contributed by atoms with van der Waals surface area (Å²) in [6.07, 6.45) is 2.61. The molecule has 0 saturated heterocycles. The van der Waals surface area contributed by atoms with Gasteiger partial charge in [0.2, 0.25) is 0 Å². The summed E-state index contributed by atoms with van der Waals surface area (Å²) in [5, 5.41) is 6.86. The summed E-state index contributed by atoms with van der Waals surface area (Å²) < 4.78 is 5.41. The standard InChI is InChI=1S/C12H13N3O/c13-11-6-14-15-12(11)9-1-2-10-7-16-4-3-8(10)5-9/h1-2,5-6H,3-4,7,13H2,(H,14,15). The number of benzene rings is 1. The van der Waals surface area contributed by atoms with Crippen molar-refractivity contribution >= 4 is 5.69 Å². The first kappa shape index (κ1) is 9.42. The van der Waals surface area contributed by atoms with Gasteiger partial charge >= 0.3 is 0 Å². The van der Waals surface area contributed by atoms with Crippen LogP contribution >= 0.6 is 0 Å². The molecule has 0 amide bonds. The summed E-state index contributed by atoms with van der Waals surface area (Å²) >= 11 is 0. The molecule has 0 spiro atoms. The van der Waals surface area contributed by atoms with Crippen molar-refractivity contribution in [3.05, 3.63) is 35.5 Å². The Kier molecular flexibility index (Phi) is 2.15. The van der Waals surface area contributed by atoms with Gasteiger partial charge in [0.15, 0.2) is 0 Å². The molecule has 3 rings (SSSR count). The highest BCUT2D eigenvalue weighted by Gasteiger charge is 2.12. The fraction of sp³-hybridized carbons (Fsp3) is 0.250. The van der Waals surface area contributed by atoms with Crippen molar-refractivity contribution in [2.75, 3.05) is 12.3 Å². The van der Waals surface area contributed by atoms with Gasteiger partial charge in [0.05, 0.1) is 30.8 Å². The molecule has 1 aliphatic heterocycles. The van der Waals surface area contributed by atoms with Crippen LogP contribution in [0.3, 0.4) is 0 Å². The van der Waals surface area contributed by atoms with Gasteiger partial charge in [-0.15, -0.1) is 0 Å². The van der Waals surface area contributed by atoms with Crippen molar-refractivity contribution < 1.29 is 4.74 Å². The molecule has 0 atom stereocenters. The number of nitrogens with two attached hydrogens (primary N) is 1. The fourth-order valence-corrected chi connectivity index (χ4v) is 2.05. The number of hydrogen-bond acceptors (Lipinski definition) is 3. The monoisotopic (exact) mass is 215 g/mol. The van der Waals surface area contributed by atoms with Crippen molar-refractivity contribution in [2.45, 2.75) is 13.0 Å². The van der Waals surface area contributed by atoms with Gasteiger partial charge < -0.3 is 10.5 Å². The second-order valence-corrected chi connectivity index (χ2v) is 3.99. The Labute approximate surface area is 93.4 Å². The summed E-state index contributed by atoms with van der Waals surface area (Å²) in [7, 11) is 0. The number of rotatable bonds is 1. The van der Waals surface area contributed by atoms with Gasteiger partial charge in [0.1, 0.15) is 0 Å². The van der Waals surface area contributed by atoms with E-state index in [0.717, 1.165) is 24.3 Å². The fourth-order valence-electron chi connectivity index (χ4n) is 2.05. The maximum atomic E-state index is 5.83. The third kappa shape index (κ3) is 1.47. The van der Waals surface area contributed by atoms with E-state index in [1.807, 2.05) is 0 Å². The first-order chi connectivity index (χ1) is 7.84. The molecule has 1 aromatic heterocycles. The second-order valence-electron chi connectivity index (χ2n) is 3.99. The van der Waals surface area contributed by atoms with Crippen LogP contribution < -0.4 is 5.73 Å². The van der Waals surface area contributed by atoms with E-state index in [2.05, 4.69) is 28.4 Å². The Morgan fingerprint density at radius 3 is 3.06 bits per heavy atom. The molecule has 16 heavy (non-hydrogen) atoms. The molecule has 1 aromatic carbocycles. The SMILES string of the molecule is Nc1cn[nH]c1-c1ccc2c(c1)CCOC2. The highest BCUT2D eigenvalue weighted by atomic mass is 16.5. The number of hydrogen-bond donors (Lipinski definition) is 2. The van der Waals surface area contributed by atoms with Gasteiger partial charge in [-0.3, -0.25) is 5.10 Å². The zero-order chi connectivity index (χ0) is 11.0. The minimum atomic E-state index is 0.687. The maximum Gasteiger partial charge on any atom is 0.0880 e. The van der Waals surface area contributed by atoms with Crippen molar-refractivity contribution in [3.8, 4) is 11.3 Å². The number of ether oxygens (including phenoxy) is 1. The van der Waals surface area contributed by atoms with Crippen molar-refractivity contribution in [2.24, 2.45) is 0 Å². The summed E-state index contributed by atoms with van der Waals surface area (Å²) in [6, 6.07) is 6.32. The molecule has 3 N–H and O–H groups in total. The van der Waals surface area contributed by atoms with Crippen LogP contribution in [-0.2, 0) is 17.8 Å². The number of nitrogen functional groups attached to an aromatic ring is 1. The Balaban J connectivity index is 2.06. The number of anilines is 1. The highest BCUT2D eigenvalue weighted by Crippen LogP contribution is 2.27. The Hall–Kier alpha value is -1.81. The summed E-state index contributed by atoms with van der Waals surface area (Å²) in [4.78, 5) is 0. The van der Waals surface area contributed by atoms with E-state index in [0.29, 0.717) is 12.3 Å². The molecule has 2 aromatic rings. The molecule has 4 heteroatoms. The van der Waals surface area contributed by atoms with Crippen molar-refractivity contribution in [3.63, 3.8) is 0 Å². The van der Waals surface area contributed by atoms with E-state index in [4.69, 9.17) is 10.5 Å². The van der Waals surface area contributed by atoms with Crippen LogP contribution in [0.4, 0.5) is 5.69 Å². The maximum absolute atomic E-state index is 5.83. The molecule has 0 aliphatic carbocycles. The number of aromatic amines is 1. The van der Waals surface area contributed by atoms with Gasteiger partial charge in [-0.25, -0.2) is 0 Å². The van der Waals surface area contributed by atoms with Crippen LogP contribution in [0, 0.1) is 0 Å². The first-order valence-corrected chi connectivity index (χ1v) is 5.33. The molecule has 0 unspecified atom stereocenters. The molecule has 4 nitrogen and oxygen atoms in total. The largest absolute Gasteiger partial charge is 0.396 e. The molecular weight excluding hydrogens is 202 g/mol. The molecule has 1 aliphatic rings. The van der Waals surface area contributed by atoms with Gasteiger partial charge in [-0.05, 0) is 23.6 Å². The Morgan fingerprint density at radius 1 is 1.31 bits per heavy atom. The Morgan fingerprint density at radius 2 is 2.25 bits per heavy atom. The average Bonchev–Trinajstić information content (AvgIpc) is 2.75. The lowest BCUT2D eigenvalue weighted by Gasteiger charge is -2.17. The smallest absolute Gasteiger partial charge is 0.0880 e. The second kappa shape index (κ2) is 3.64. The predicted octanol–water partition coefficient (Wildman–Crippen LogP) is 1.73. The van der Waals surface area contributed by atoms with Crippen LogP contribution in [0.2, 0.25) is 0 Å². The highest BCUT2D eigenvalue weighted by molar-refractivity contribution is 5.72. The van der Waals surface area contributed by atoms with Crippen LogP contribution in [0.15, 0.2) is 24.4 Å². The van der Waals surface area contributed by atoms with Crippen LogP contribution in [0.5, 0.6) is 0 Å². The van der Waals surface area contributed by atoms with Crippen LogP contribution in [0.1, 0.15) is 11.1 Å². The lowest BCUT2D eigenvalue weighted by Crippen LogP contribution is -2.09. The van der Waals surface area contributed by atoms with E-state index >= 15 is 0 Å². The van der Waals surface area contributed by atoms with Crippen LogP contribution in [0.25, 0.3) is 11.3 Å². The summed E-state index contributed by atoms with van der Waals surface area (Å²) in [5.74, 6) is 0. The molecule has 0 radical (unpaired) electrons. The van der Waals surface area contributed by atoms with E-state index in [9.17, 15) is 0 Å². The lowest BCUT2D eigenvalue weighted by atomic mass is 9.99. The van der Waals surface area contributed by atoms with Crippen LogP contribution in [-0.4, -0.2) is 16.8 Å². The molecule has 0 fully saturated rings. The molecule has 82 valence electrons. The molecule has 0 bridgehead atoms. The van der Waals surface area contributed by atoms with E-state index in [-0.39, 0.29) is 0 Å². The number of H-pyrrole nitrogens is 1. The van der Waals surface area contributed by atoms with E-state index in [1.54, 1.807) is 6.20 Å². The van der Waals surface area contributed by atoms with Crippen molar-refractivity contribution in [1.29, 1.82) is 0 Å². The molecule has 2 heterocycles. The topological polar surface area (TPSA) is 63.9 Å². The zero-order valence-electron chi connectivity index (χ0n) is 8.86. The van der Waals surface area contributed by atoms with Gasteiger partial charge in [0, 0.05) is 5.56 Å². The minimum Gasteiger partial charge on any atom is -0.396 e. The predicted molar refractivity (Wildman–Crippen MR) is 61.8 cm³/mol. The number of fused-ring (bicyclic) bond motifs is 1. The van der Waals surface area contributed by atoms with E-state index < -0.39 is 0 Å². The quantitative estimate of drug-likeness (QED) is 0.761. The number of nitrogens with one attached hydrogen (secondary N) is 1. The number of aromatic nitrogens is 2. The number of nitrogens with zero attached hydrogens (tertiary/aromatic N) is 1. The third-order valence-electron chi connectivity index (χ3n) is 2.94. The zero-order valence-corrected chi connectivity index (χ0v) is 8.86. The van der Waals surface area contributed by atoms with Gasteiger partial charge in [-0.1, -0.05) is 12.1 Å². The van der Waals surface area contributed by atoms with Crippen molar-refractivity contribution in [1.82, 2.24) is 10.2 Å². The lowest BCUT2D eigenvalue weighted by molar-refractivity contribution is 0.111. The Bertz CT molecular complexity index is 519. The van der Waals surface area contributed by atoms with E-state index in [1.165, 1.54) is 11.1 Å². The third-order valence-corrected chi connectivity index (χ3v) is 2.94. The molecule has 0 saturated carbocycles. The van der Waals surface area contributed by atoms with Gasteiger partial charge in [-0.2, -0.15) is 5.10 Å². The average molecular weight is 215 g/mol. The summed E-state index contributed by atoms with van der Waals surface area (Å²) in [6.45, 7) is 1.52. The van der Waals surface area contributed by atoms with Gasteiger partial charge in [0.25, 0.3) is 0 Å². The normalized spacial score (nSPS) is 14.8. The first-order valence-electron chi connectivity index (χ1n) is 5.33. The minimum absolute atomic E-state index is 0.687. The summed E-state index contributed by atoms with van der Waals surface area (Å²) in [5.41, 5.74) is 11.1.